The summed E-state index contributed by atoms with van der Waals surface area (Å²) in [5.74, 6) is -0.00954. The SMILES string of the molecule is COc1ccc(N2C(=O)CC(N3CCC(C(N)=O)CC3)C2=O)c(OC)c1. The highest BCUT2D eigenvalue weighted by Crippen LogP contribution is 2.36. The van der Waals surface area contributed by atoms with Crippen LogP contribution in [0.2, 0.25) is 0 Å². The Kier molecular flexibility index (Phi) is 5.13. The van der Waals surface area contributed by atoms with Gasteiger partial charge in [0.15, 0.2) is 0 Å². The predicted molar refractivity (Wildman–Crippen MR) is 93.9 cm³/mol. The van der Waals surface area contributed by atoms with Gasteiger partial charge in [-0.2, -0.15) is 0 Å². The minimum absolute atomic E-state index is 0.120. The van der Waals surface area contributed by atoms with Crippen molar-refractivity contribution < 1.29 is 23.9 Å². The summed E-state index contributed by atoms with van der Waals surface area (Å²) in [4.78, 5) is 39.9. The highest BCUT2D eigenvalue weighted by molar-refractivity contribution is 6.23. The van der Waals surface area contributed by atoms with Crippen molar-refractivity contribution in [2.24, 2.45) is 11.7 Å². The number of nitrogens with two attached hydrogens (primary N) is 1. The number of ether oxygens (including phenoxy) is 2. The zero-order valence-electron chi connectivity index (χ0n) is 14.9. The molecule has 2 heterocycles. The molecule has 26 heavy (non-hydrogen) atoms. The molecule has 2 aliphatic heterocycles. The van der Waals surface area contributed by atoms with Crippen LogP contribution in [-0.2, 0) is 14.4 Å². The van der Waals surface area contributed by atoms with E-state index >= 15 is 0 Å². The average molecular weight is 361 g/mol. The molecule has 0 saturated carbocycles. The van der Waals surface area contributed by atoms with Gasteiger partial charge in [0.25, 0.3) is 5.91 Å². The number of hydrogen-bond donors (Lipinski definition) is 1. The third kappa shape index (κ3) is 3.24. The van der Waals surface area contributed by atoms with Gasteiger partial charge < -0.3 is 15.2 Å². The third-order valence-corrected chi connectivity index (χ3v) is 5.12. The highest BCUT2D eigenvalue weighted by Gasteiger charge is 2.44. The minimum atomic E-state index is -0.511. The summed E-state index contributed by atoms with van der Waals surface area (Å²) >= 11 is 0. The maximum absolute atomic E-state index is 12.9. The molecule has 2 fully saturated rings. The lowest BCUT2D eigenvalue weighted by molar-refractivity contribution is -0.124. The molecule has 2 saturated heterocycles. The Hall–Kier alpha value is -2.61. The number of methoxy groups -OCH3 is 2. The Morgan fingerprint density at radius 3 is 2.42 bits per heavy atom. The molecule has 0 bridgehead atoms. The van der Waals surface area contributed by atoms with Gasteiger partial charge in [0.2, 0.25) is 11.8 Å². The molecule has 8 nitrogen and oxygen atoms in total. The summed E-state index contributed by atoms with van der Waals surface area (Å²) in [6, 6.07) is 4.46. The van der Waals surface area contributed by atoms with Gasteiger partial charge >= 0.3 is 0 Å². The number of likely N-dealkylation sites (tertiary alicyclic amines) is 1. The fraction of sp³-hybridized carbons (Fsp3) is 0.500. The number of amides is 3. The quantitative estimate of drug-likeness (QED) is 0.768. The predicted octanol–water partition coefficient (Wildman–Crippen LogP) is 0.533. The van der Waals surface area contributed by atoms with Gasteiger partial charge in [-0.1, -0.05) is 0 Å². The van der Waals surface area contributed by atoms with Crippen LogP contribution in [0.1, 0.15) is 19.3 Å². The Balaban J connectivity index is 1.79. The van der Waals surface area contributed by atoms with E-state index in [0.29, 0.717) is 43.1 Å². The topological polar surface area (TPSA) is 102 Å². The van der Waals surface area contributed by atoms with E-state index in [1.807, 2.05) is 4.90 Å². The van der Waals surface area contributed by atoms with Crippen LogP contribution < -0.4 is 20.1 Å². The zero-order chi connectivity index (χ0) is 18.8. The largest absolute Gasteiger partial charge is 0.497 e. The van der Waals surface area contributed by atoms with Crippen LogP contribution in [0.15, 0.2) is 18.2 Å². The molecule has 8 heteroatoms. The van der Waals surface area contributed by atoms with Crippen molar-refractivity contribution in [2.45, 2.75) is 25.3 Å². The second-order valence-corrected chi connectivity index (χ2v) is 6.54. The van der Waals surface area contributed by atoms with Crippen LogP contribution in [0.4, 0.5) is 5.69 Å². The molecule has 3 rings (SSSR count). The lowest BCUT2D eigenvalue weighted by Crippen LogP contribution is -2.47. The van der Waals surface area contributed by atoms with E-state index in [-0.39, 0.29) is 30.1 Å². The number of nitrogens with zero attached hydrogens (tertiary/aromatic N) is 2. The summed E-state index contributed by atoms with van der Waals surface area (Å²) in [6.45, 7) is 1.15. The van der Waals surface area contributed by atoms with Gasteiger partial charge in [0, 0.05) is 12.0 Å². The molecule has 1 atom stereocenters. The molecular formula is C18H23N3O5. The Bertz CT molecular complexity index is 728. The number of imide groups is 1. The summed E-state index contributed by atoms with van der Waals surface area (Å²) in [5, 5.41) is 0. The van der Waals surface area contributed by atoms with E-state index in [9.17, 15) is 14.4 Å². The number of carbonyl (C=O) groups is 3. The number of piperidine rings is 1. The van der Waals surface area contributed by atoms with Crippen molar-refractivity contribution in [1.82, 2.24) is 4.90 Å². The van der Waals surface area contributed by atoms with Crippen molar-refractivity contribution >= 4 is 23.4 Å². The second-order valence-electron chi connectivity index (χ2n) is 6.54. The maximum Gasteiger partial charge on any atom is 0.251 e. The Labute approximate surface area is 151 Å². The van der Waals surface area contributed by atoms with Crippen molar-refractivity contribution in [3.8, 4) is 11.5 Å². The van der Waals surface area contributed by atoms with Crippen LogP contribution in [0.5, 0.6) is 11.5 Å². The normalized spacial score (nSPS) is 21.9. The van der Waals surface area contributed by atoms with Gasteiger partial charge in [0.1, 0.15) is 11.5 Å². The van der Waals surface area contributed by atoms with E-state index in [1.54, 1.807) is 18.2 Å². The molecule has 3 amide bonds. The van der Waals surface area contributed by atoms with Crippen molar-refractivity contribution in [3.63, 3.8) is 0 Å². The monoisotopic (exact) mass is 361 g/mol. The van der Waals surface area contributed by atoms with Crippen molar-refractivity contribution in [2.75, 3.05) is 32.2 Å². The second kappa shape index (κ2) is 7.33. The number of primary amides is 1. The van der Waals surface area contributed by atoms with E-state index in [0.717, 1.165) is 0 Å². The van der Waals surface area contributed by atoms with Crippen LogP contribution in [0.3, 0.4) is 0 Å². The molecule has 1 aromatic carbocycles. The highest BCUT2D eigenvalue weighted by atomic mass is 16.5. The first-order valence-electron chi connectivity index (χ1n) is 8.58. The number of carbonyl (C=O) groups excluding carboxylic acids is 3. The smallest absolute Gasteiger partial charge is 0.251 e. The van der Waals surface area contributed by atoms with Crippen LogP contribution in [0.25, 0.3) is 0 Å². The fourth-order valence-electron chi connectivity index (χ4n) is 3.62. The van der Waals surface area contributed by atoms with Gasteiger partial charge in [-0.15, -0.1) is 0 Å². The molecule has 0 aromatic heterocycles. The van der Waals surface area contributed by atoms with E-state index in [1.165, 1.54) is 19.1 Å². The van der Waals surface area contributed by atoms with E-state index in [4.69, 9.17) is 15.2 Å². The summed E-state index contributed by atoms with van der Waals surface area (Å²) in [7, 11) is 3.02. The minimum Gasteiger partial charge on any atom is -0.497 e. The molecule has 1 aromatic rings. The molecule has 140 valence electrons. The van der Waals surface area contributed by atoms with Gasteiger partial charge in [0.05, 0.1) is 32.4 Å². The first-order chi connectivity index (χ1) is 12.5. The number of anilines is 1. The average Bonchev–Trinajstić information content (AvgIpc) is 2.95. The number of rotatable bonds is 5. The Morgan fingerprint density at radius 2 is 1.85 bits per heavy atom. The Morgan fingerprint density at radius 1 is 1.15 bits per heavy atom. The van der Waals surface area contributed by atoms with Gasteiger partial charge in [-0.25, -0.2) is 4.90 Å². The zero-order valence-corrected chi connectivity index (χ0v) is 14.9. The van der Waals surface area contributed by atoms with Crippen molar-refractivity contribution in [1.29, 1.82) is 0 Å². The van der Waals surface area contributed by atoms with E-state index in [2.05, 4.69) is 0 Å². The molecule has 0 aliphatic carbocycles. The van der Waals surface area contributed by atoms with Gasteiger partial charge in [-0.05, 0) is 38.1 Å². The molecular weight excluding hydrogens is 338 g/mol. The number of benzene rings is 1. The molecule has 0 spiro atoms. The number of hydrogen-bond acceptors (Lipinski definition) is 6. The maximum atomic E-state index is 12.9. The van der Waals surface area contributed by atoms with Crippen LogP contribution in [0, 0.1) is 5.92 Å². The molecule has 2 N–H and O–H groups in total. The molecule has 1 unspecified atom stereocenters. The molecule has 2 aliphatic rings. The van der Waals surface area contributed by atoms with Crippen LogP contribution >= 0.6 is 0 Å². The summed E-state index contributed by atoms with van der Waals surface area (Å²) in [6.07, 6.45) is 1.34. The standard InChI is InChI=1S/C18H23N3O5/c1-25-12-3-4-13(15(9-12)26-2)21-16(22)10-14(18(21)24)20-7-5-11(6-8-20)17(19)23/h3-4,9,11,14H,5-8,10H2,1-2H3,(H2,19,23). The van der Waals surface area contributed by atoms with Crippen molar-refractivity contribution in [3.05, 3.63) is 18.2 Å². The molecule has 0 radical (unpaired) electrons. The van der Waals surface area contributed by atoms with E-state index < -0.39 is 6.04 Å². The lowest BCUT2D eigenvalue weighted by atomic mass is 9.95. The lowest BCUT2D eigenvalue weighted by Gasteiger charge is -2.33. The summed E-state index contributed by atoms with van der Waals surface area (Å²) < 4.78 is 10.5. The first kappa shape index (κ1) is 18.2. The fourth-order valence-corrected chi connectivity index (χ4v) is 3.62. The third-order valence-electron chi connectivity index (χ3n) is 5.12. The van der Waals surface area contributed by atoms with Gasteiger partial charge in [-0.3, -0.25) is 19.3 Å². The van der Waals surface area contributed by atoms with Crippen LogP contribution in [-0.4, -0.2) is 56.0 Å². The summed E-state index contributed by atoms with van der Waals surface area (Å²) in [5.41, 5.74) is 5.77. The first-order valence-corrected chi connectivity index (χ1v) is 8.58.